The maximum atomic E-state index is 4.62. The van der Waals surface area contributed by atoms with Crippen molar-refractivity contribution in [3.63, 3.8) is 0 Å². The van der Waals surface area contributed by atoms with Gasteiger partial charge in [-0.05, 0) is 44.4 Å². The van der Waals surface area contributed by atoms with Crippen molar-refractivity contribution in [1.29, 1.82) is 0 Å². The molecule has 1 fully saturated rings. The molecular formula is C15H27N3. The molecule has 1 aromatic heterocycles. The summed E-state index contributed by atoms with van der Waals surface area (Å²) in [6, 6.07) is 0.605. The second-order valence-electron chi connectivity index (χ2n) is 6.01. The third-order valence-electron chi connectivity index (χ3n) is 4.29. The molecule has 18 heavy (non-hydrogen) atoms. The van der Waals surface area contributed by atoms with E-state index in [1.54, 1.807) is 0 Å². The summed E-state index contributed by atoms with van der Waals surface area (Å²) in [5.41, 5.74) is 1.11. The normalized spacial score (nSPS) is 28.3. The molecule has 1 heterocycles. The van der Waals surface area contributed by atoms with Crippen molar-refractivity contribution in [2.45, 2.75) is 66.0 Å². The molecule has 3 heteroatoms. The van der Waals surface area contributed by atoms with E-state index in [1.807, 2.05) is 0 Å². The van der Waals surface area contributed by atoms with Crippen LogP contribution >= 0.6 is 0 Å². The van der Waals surface area contributed by atoms with Gasteiger partial charge in [0.25, 0.3) is 0 Å². The molecule has 1 N–H and O–H groups in total. The first-order valence-corrected chi connectivity index (χ1v) is 7.40. The Kier molecular flexibility index (Phi) is 4.31. The van der Waals surface area contributed by atoms with Gasteiger partial charge in [-0.2, -0.15) is 0 Å². The van der Waals surface area contributed by atoms with Gasteiger partial charge in [0.2, 0.25) is 5.95 Å². The summed E-state index contributed by atoms with van der Waals surface area (Å²) in [5, 5.41) is 3.66. The molecule has 1 aliphatic rings. The minimum Gasteiger partial charge on any atom is -0.353 e. The Morgan fingerprint density at radius 2 is 2.11 bits per heavy atom. The topological polar surface area (TPSA) is 29.9 Å². The monoisotopic (exact) mass is 249 g/mol. The first-order chi connectivity index (χ1) is 8.60. The zero-order chi connectivity index (χ0) is 13.1. The summed E-state index contributed by atoms with van der Waals surface area (Å²) in [6.07, 6.45) is 7.21. The van der Waals surface area contributed by atoms with E-state index in [0.717, 1.165) is 36.4 Å². The minimum atomic E-state index is 0.605. The molecule has 0 aromatic carbocycles. The molecule has 0 aliphatic heterocycles. The number of rotatable bonds is 4. The molecular weight excluding hydrogens is 222 g/mol. The van der Waals surface area contributed by atoms with Crippen LogP contribution in [0, 0.1) is 18.8 Å². The Morgan fingerprint density at radius 3 is 2.78 bits per heavy atom. The van der Waals surface area contributed by atoms with Gasteiger partial charge in [-0.25, -0.2) is 4.98 Å². The van der Waals surface area contributed by atoms with Crippen molar-refractivity contribution in [1.82, 2.24) is 9.55 Å². The standard InChI is InChI=1S/C15H27N3/c1-5-8-18-10-13(4)16-15(18)17-14-7-6-11(2)12(3)9-14/h10-12,14H,5-9H2,1-4H3,(H,16,17). The number of hydrogen-bond acceptors (Lipinski definition) is 2. The Morgan fingerprint density at radius 1 is 1.33 bits per heavy atom. The molecule has 3 nitrogen and oxygen atoms in total. The van der Waals surface area contributed by atoms with E-state index in [-0.39, 0.29) is 0 Å². The van der Waals surface area contributed by atoms with Crippen LogP contribution in [0.25, 0.3) is 0 Å². The average Bonchev–Trinajstić information content (AvgIpc) is 2.65. The molecule has 0 saturated heterocycles. The van der Waals surface area contributed by atoms with Gasteiger partial charge in [-0.3, -0.25) is 0 Å². The smallest absolute Gasteiger partial charge is 0.203 e. The van der Waals surface area contributed by atoms with Gasteiger partial charge in [0.05, 0.1) is 5.69 Å². The first kappa shape index (κ1) is 13.4. The van der Waals surface area contributed by atoms with E-state index in [0.29, 0.717) is 6.04 Å². The van der Waals surface area contributed by atoms with E-state index in [4.69, 9.17) is 0 Å². The Balaban J connectivity index is 2.00. The predicted molar refractivity (Wildman–Crippen MR) is 76.8 cm³/mol. The molecule has 0 radical (unpaired) electrons. The van der Waals surface area contributed by atoms with Crippen molar-refractivity contribution in [2.75, 3.05) is 5.32 Å². The molecule has 3 unspecified atom stereocenters. The quantitative estimate of drug-likeness (QED) is 0.878. The molecule has 0 amide bonds. The van der Waals surface area contributed by atoms with Gasteiger partial charge in [0, 0.05) is 18.8 Å². The van der Waals surface area contributed by atoms with Crippen LogP contribution in [-0.2, 0) is 6.54 Å². The maximum absolute atomic E-state index is 4.62. The van der Waals surface area contributed by atoms with Crippen molar-refractivity contribution >= 4 is 5.95 Å². The highest BCUT2D eigenvalue weighted by molar-refractivity contribution is 5.30. The van der Waals surface area contributed by atoms with Crippen LogP contribution in [0.3, 0.4) is 0 Å². The number of aromatic nitrogens is 2. The van der Waals surface area contributed by atoms with Gasteiger partial charge >= 0.3 is 0 Å². The van der Waals surface area contributed by atoms with Crippen LogP contribution in [0.4, 0.5) is 5.95 Å². The summed E-state index contributed by atoms with van der Waals surface area (Å²) >= 11 is 0. The summed E-state index contributed by atoms with van der Waals surface area (Å²) in [7, 11) is 0. The largest absolute Gasteiger partial charge is 0.353 e. The van der Waals surface area contributed by atoms with Crippen molar-refractivity contribution in [2.24, 2.45) is 11.8 Å². The van der Waals surface area contributed by atoms with Crippen LogP contribution in [0.1, 0.15) is 52.1 Å². The molecule has 0 bridgehead atoms. The zero-order valence-electron chi connectivity index (χ0n) is 12.2. The van der Waals surface area contributed by atoms with E-state index in [1.165, 1.54) is 19.3 Å². The lowest BCUT2D eigenvalue weighted by atomic mass is 9.79. The number of nitrogens with one attached hydrogen (secondary N) is 1. The van der Waals surface area contributed by atoms with Crippen molar-refractivity contribution in [3.8, 4) is 0 Å². The van der Waals surface area contributed by atoms with Crippen molar-refractivity contribution in [3.05, 3.63) is 11.9 Å². The number of aryl methyl sites for hydroxylation is 2. The number of hydrogen-bond donors (Lipinski definition) is 1. The molecule has 1 saturated carbocycles. The lowest BCUT2D eigenvalue weighted by Gasteiger charge is -2.32. The van der Waals surface area contributed by atoms with Gasteiger partial charge < -0.3 is 9.88 Å². The van der Waals surface area contributed by atoms with Crippen LogP contribution in [0.5, 0.6) is 0 Å². The molecule has 102 valence electrons. The fourth-order valence-corrected chi connectivity index (χ4v) is 2.93. The zero-order valence-corrected chi connectivity index (χ0v) is 12.2. The fourth-order valence-electron chi connectivity index (χ4n) is 2.93. The highest BCUT2D eigenvalue weighted by atomic mass is 15.2. The summed E-state index contributed by atoms with van der Waals surface area (Å²) in [5.74, 6) is 2.77. The van der Waals surface area contributed by atoms with E-state index >= 15 is 0 Å². The van der Waals surface area contributed by atoms with Crippen LogP contribution < -0.4 is 5.32 Å². The molecule has 3 atom stereocenters. The average molecular weight is 249 g/mol. The van der Waals surface area contributed by atoms with Crippen LogP contribution in [0.2, 0.25) is 0 Å². The maximum Gasteiger partial charge on any atom is 0.203 e. The van der Waals surface area contributed by atoms with Crippen molar-refractivity contribution < 1.29 is 0 Å². The fraction of sp³-hybridized carbons (Fsp3) is 0.800. The Labute approximate surface area is 111 Å². The number of imidazole rings is 1. The highest BCUT2D eigenvalue weighted by Gasteiger charge is 2.25. The second kappa shape index (κ2) is 5.77. The third-order valence-corrected chi connectivity index (χ3v) is 4.29. The van der Waals surface area contributed by atoms with Crippen LogP contribution in [-0.4, -0.2) is 15.6 Å². The van der Waals surface area contributed by atoms with E-state index in [2.05, 4.69) is 48.8 Å². The minimum absolute atomic E-state index is 0.605. The molecule has 0 spiro atoms. The highest BCUT2D eigenvalue weighted by Crippen LogP contribution is 2.30. The van der Waals surface area contributed by atoms with E-state index in [9.17, 15) is 0 Å². The summed E-state index contributed by atoms with van der Waals surface area (Å²) in [6.45, 7) is 10.1. The summed E-state index contributed by atoms with van der Waals surface area (Å²) < 4.78 is 2.26. The van der Waals surface area contributed by atoms with Crippen LogP contribution in [0.15, 0.2) is 6.20 Å². The van der Waals surface area contributed by atoms with Gasteiger partial charge in [-0.15, -0.1) is 0 Å². The lowest BCUT2D eigenvalue weighted by molar-refractivity contribution is 0.260. The van der Waals surface area contributed by atoms with Gasteiger partial charge in [0.1, 0.15) is 0 Å². The Hall–Kier alpha value is -0.990. The number of anilines is 1. The molecule has 2 rings (SSSR count). The second-order valence-corrected chi connectivity index (χ2v) is 6.01. The van der Waals surface area contributed by atoms with Gasteiger partial charge in [0.15, 0.2) is 0 Å². The predicted octanol–water partition coefficient (Wildman–Crippen LogP) is 3.84. The first-order valence-electron chi connectivity index (χ1n) is 7.40. The SMILES string of the molecule is CCCn1cc(C)nc1NC1CCC(C)C(C)C1. The Bertz CT molecular complexity index is 383. The number of nitrogens with zero attached hydrogens (tertiary/aromatic N) is 2. The third kappa shape index (κ3) is 3.06. The van der Waals surface area contributed by atoms with E-state index < -0.39 is 0 Å². The summed E-state index contributed by atoms with van der Waals surface area (Å²) in [4.78, 5) is 4.62. The van der Waals surface area contributed by atoms with Gasteiger partial charge in [-0.1, -0.05) is 20.8 Å². The lowest BCUT2D eigenvalue weighted by Crippen LogP contribution is -2.31. The molecule has 1 aromatic rings. The molecule has 1 aliphatic carbocycles.